The van der Waals surface area contributed by atoms with Gasteiger partial charge in [0.25, 0.3) is 0 Å². The highest BCUT2D eigenvalue weighted by molar-refractivity contribution is 6.43. The number of alkyl halides is 1. The number of ether oxygens (including phenoxy) is 1. The van der Waals surface area contributed by atoms with Gasteiger partial charge in [-0.2, -0.15) is 0 Å². The van der Waals surface area contributed by atoms with Crippen molar-refractivity contribution in [2.75, 3.05) is 7.11 Å². The quantitative estimate of drug-likeness (QED) is 0.352. The molecule has 0 aromatic heterocycles. The predicted octanol–water partition coefficient (Wildman–Crippen LogP) is 2.27. The van der Waals surface area contributed by atoms with E-state index in [4.69, 9.17) is 11.6 Å². The third kappa shape index (κ3) is 2.61. The van der Waals surface area contributed by atoms with E-state index in [1.165, 1.54) is 7.11 Å². The van der Waals surface area contributed by atoms with Crippen molar-refractivity contribution in [1.29, 1.82) is 0 Å². The molecule has 0 spiro atoms. The summed E-state index contributed by atoms with van der Waals surface area (Å²) in [7, 11) is 1.20. The van der Waals surface area contributed by atoms with Crippen molar-refractivity contribution in [2.24, 2.45) is 0 Å². The fraction of sp³-hybridized carbons (Fsp3) is 0.333. The topological polar surface area (TPSA) is 43.4 Å². The van der Waals surface area contributed by atoms with Gasteiger partial charge in [0, 0.05) is 5.56 Å². The van der Waals surface area contributed by atoms with Gasteiger partial charge in [0.2, 0.25) is 0 Å². The molecule has 0 bridgehead atoms. The maximum Gasteiger partial charge on any atom is 0.331 e. The lowest BCUT2D eigenvalue weighted by molar-refractivity contribution is -0.139. The molecule has 3 nitrogen and oxygen atoms in total. The number of Topliss-reactive ketones (excluding diaryl/α,β-unsaturated/α-hetero) is 1. The molecule has 0 heterocycles. The number of benzene rings is 1. The first-order chi connectivity index (χ1) is 7.47. The number of hydrogen-bond donors (Lipinski definition) is 0. The fourth-order valence-electron chi connectivity index (χ4n) is 1.25. The highest BCUT2D eigenvalue weighted by Crippen LogP contribution is 2.14. The van der Waals surface area contributed by atoms with E-state index in [0.29, 0.717) is 5.56 Å². The van der Waals surface area contributed by atoms with Crippen LogP contribution < -0.4 is 0 Å². The number of rotatable bonds is 3. The Kier molecular flexibility index (Phi) is 4.07. The predicted molar refractivity (Wildman–Crippen MR) is 61.9 cm³/mol. The second kappa shape index (κ2) is 5.12. The Balaban J connectivity index is 2.97. The van der Waals surface area contributed by atoms with Crippen LogP contribution in [0, 0.1) is 13.8 Å². The molecule has 4 heteroatoms. The molecule has 1 unspecified atom stereocenters. The minimum atomic E-state index is -1.27. The first kappa shape index (κ1) is 12.7. The monoisotopic (exact) mass is 240 g/mol. The highest BCUT2D eigenvalue weighted by atomic mass is 35.5. The lowest BCUT2D eigenvalue weighted by atomic mass is 10.0. The van der Waals surface area contributed by atoms with Crippen LogP contribution in [0.4, 0.5) is 0 Å². The molecule has 0 fully saturated rings. The van der Waals surface area contributed by atoms with E-state index in [1.54, 1.807) is 12.1 Å². The Morgan fingerprint density at radius 2 is 1.88 bits per heavy atom. The molecule has 0 aliphatic rings. The molecule has 1 rings (SSSR count). The number of carbonyl (C=O) groups is 2. The summed E-state index contributed by atoms with van der Waals surface area (Å²) in [5, 5.41) is -1.27. The van der Waals surface area contributed by atoms with Crippen LogP contribution in [0.5, 0.6) is 0 Å². The lowest BCUT2D eigenvalue weighted by Crippen LogP contribution is -2.26. The van der Waals surface area contributed by atoms with Gasteiger partial charge < -0.3 is 4.74 Å². The van der Waals surface area contributed by atoms with E-state index in [-0.39, 0.29) is 0 Å². The highest BCUT2D eigenvalue weighted by Gasteiger charge is 2.25. The number of aryl methyl sites for hydroxylation is 2. The standard InChI is InChI=1S/C12H13ClO3/c1-7-4-5-9(6-8(7)2)11(14)10(13)12(15)16-3/h4-6,10H,1-3H3. The Hall–Kier alpha value is -1.35. The molecule has 0 aliphatic carbocycles. The summed E-state index contributed by atoms with van der Waals surface area (Å²) in [5.74, 6) is -1.17. The number of hydrogen-bond acceptors (Lipinski definition) is 3. The summed E-state index contributed by atoms with van der Waals surface area (Å²) in [6.07, 6.45) is 0. The summed E-state index contributed by atoms with van der Waals surface area (Å²) in [5.41, 5.74) is 2.49. The van der Waals surface area contributed by atoms with E-state index in [0.717, 1.165) is 11.1 Å². The normalized spacial score (nSPS) is 12.0. The van der Waals surface area contributed by atoms with Gasteiger partial charge in [0.1, 0.15) is 0 Å². The minimum absolute atomic E-state index is 0.425. The largest absolute Gasteiger partial charge is 0.468 e. The molecule has 0 amide bonds. The number of ketones is 1. The van der Waals surface area contributed by atoms with E-state index < -0.39 is 17.1 Å². The third-order valence-corrected chi connectivity index (χ3v) is 2.81. The average Bonchev–Trinajstić information content (AvgIpc) is 2.29. The second-order valence-corrected chi connectivity index (χ2v) is 3.99. The average molecular weight is 241 g/mol. The first-order valence-corrected chi connectivity index (χ1v) is 5.24. The van der Waals surface area contributed by atoms with Crippen LogP contribution in [-0.2, 0) is 9.53 Å². The SMILES string of the molecule is COC(=O)C(Cl)C(=O)c1ccc(C)c(C)c1. The van der Waals surface area contributed by atoms with Gasteiger partial charge in [-0.3, -0.25) is 4.79 Å². The molecule has 0 aliphatic heterocycles. The van der Waals surface area contributed by atoms with Gasteiger partial charge in [-0.1, -0.05) is 12.1 Å². The molecular weight excluding hydrogens is 228 g/mol. The summed E-state index contributed by atoms with van der Waals surface area (Å²) in [6, 6.07) is 5.20. The van der Waals surface area contributed by atoms with Crippen LogP contribution in [0.15, 0.2) is 18.2 Å². The molecule has 0 N–H and O–H groups in total. The van der Waals surface area contributed by atoms with Crippen molar-refractivity contribution in [3.63, 3.8) is 0 Å². The van der Waals surface area contributed by atoms with Crippen molar-refractivity contribution in [1.82, 2.24) is 0 Å². The molecule has 86 valence electrons. The number of methoxy groups -OCH3 is 1. The van der Waals surface area contributed by atoms with Crippen molar-refractivity contribution >= 4 is 23.4 Å². The van der Waals surface area contributed by atoms with Crippen molar-refractivity contribution in [3.8, 4) is 0 Å². The van der Waals surface area contributed by atoms with Crippen LogP contribution in [-0.4, -0.2) is 24.2 Å². The van der Waals surface area contributed by atoms with Gasteiger partial charge in [-0.15, -0.1) is 11.6 Å². The number of halogens is 1. The van der Waals surface area contributed by atoms with Crippen molar-refractivity contribution in [2.45, 2.75) is 19.2 Å². The van der Waals surface area contributed by atoms with Gasteiger partial charge in [0.05, 0.1) is 7.11 Å². The molecule has 16 heavy (non-hydrogen) atoms. The van der Waals surface area contributed by atoms with E-state index in [9.17, 15) is 9.59 Å². The molecule has 0 saturated heterocycles. The third-order valence-electron chi connectivity index (χ3n) is 2.43. The molecular formula is C12H13ClO3. The maximum absolute atomic E-state index is 11.8. The smallest absolute Gasteiger partial charge is 0.331 e. The Labute approximate surface area is 99.4 Å². The first-order valence-electron chi connectivity index (χ1n) is 4.80. The zero-order valence-corrected chi connectivity index (χ0v) is 10.2. The second-order valence-electron chi connectivity index (χ2n) is 3.55. The van der Waals surface area contributed by atoms with Crippen molar-refractivity contribution < 1.29 is 14.3 Å². The van der Waals surface area contributed by atoms with E-state index in [2.05, 4.69) is 4.74 Å². The zero-order chi connectivity index (χ0) is 12.3. The van der Waals surface area contributed by atoms with Gasteiger partial charge in [0.15, 0.2) is 11.2 Å². The molecule has 0 saturated carbocycles. The van der Waals surface area contributed by atoms with Crippen LogP contribution in [0.25, 0.3) is 0 Å². The van der Waals surface area contributed by atoms with Crippen LogP contribution in [0.2, 0.25) is 0 Å². The Morgan fingerprint density at radius 1 is 1.25 bits per heavy atom. The summed E-state index contributed by atoms with van der Waals surface area (Å²) >= 11 is 5.68. The fourth-order valence-corrected chi connectivity index (χ4v) is 1.47. The van der Waals surface area contributed by atoms with Crippen LogP contribution in [0.1, 0.15) is 21.5 Å². The maximum atomic E-state index is 11.8. The molecule has 1 aromatic carbocycles. The van der Waals surface area contributed by atoms with E-state index in [1.807, 2.05) is 19.9 Å². The summed E-state index contributed by atoms with van der Waals surface area (Å²) in [4.78, 5) is 22.9. The molecule has 1 atom stereocenters. The zero-order valence-electron chi connectivity index (χ0n) is 9.41. The summed E-state index contributed by atoms with van der Waals surface area (Å²) in [6.45, 7) is 3.84. The minimum Gasteiger partial charge on any atom is -0.468 e. The van der Waals surface area contributed by atoms with Gasteiger partial charge >= 0.3 is 5.97 Å². The Morgan fingerprint density at radius 3 is 2.38 bits per heavy atom. The summed E-state index contributed by atoms with van der Waals surface area (Å²) < 4.78 is 4.42. The number of esters is 1. The van der Waals surface area contributed by atoms with Crippen LogP contribution >= 0.6 is 11.6 Å². The van der Waals surface area contributed by atoms with Crippen molar-refractivity contribution in [3.05, 3.63) is 34.9 Å². The molecule has 0 radical (unpaired) electrons. The van der Waals surface area contributed by atoms with Gasteiger partial charge in [-0.05, 0) is 31.0 Å². The van der Waals surface area contributed by atoms with Gasteiger partial charge in [-0.25, -0.2) is 4.79 Å². The Bertz CT molecular complexity index is 426. The van der Waals surface area contributed by atoms with Crippen LogP contribution in [0.3, 0.4) is 0 Å². The lowest BCUT2D eigenvalue weighted by Gasteiger charge is -2.08. The molecule has 1 aromatic rings. The number of carbonyl (C=O) groups excluding carboxylic acids is 2. The van der Waals surface area contributed by atoms with E-state index >= 15 is 0 Å².